The zero-order valence-electron chi connectivity index (χ0n) is 7.65. The van der Waals surface area contributed by atoms with E-state index in [1.807, 2.05) is 10.8 Å². The molecule has 4 heteroatoms. The van der Waals surface area contributed by atoms with E-state index in [0.717, 1.165) is 0 Å². The Morgan fingerprint density at radius 1 is 1.54 bits per heavy atom. The van der Waals surface area contributed by atoms with Gasteiger partial charge in [0.2, 0.25) is 5.95 Å². The molecule has 1 aromatic heterocycles. The number of nitrogen functional groups attached to an aromatic ring is 1. The molecule has 1 saturated carbocycles. The van der Waals surface area contributed by atoms with Gasteiger partial charge in [-0.05, 0) is 12.8 Å². The molecule has 1 fully saturated rings. The lowest BCUT2D eigenvalue weighted by molar-refractivity contribution is 0.0125. The number of imidazole rings is 1. The number of nitrogens with zero attached hydrogens (tertiary/aromatic N) is 2. The van der Waals surface area contributed by atoms with Crippen LogP contribution in [0.2, 0.25) is 0 Å². The van der Waals surface area contributed by atoms with Crippen LogP contribution in [-0.2, 0) is 11.5 Å². The second-order valence-corrected chi connectivity index (χ2v) is 3.46. The predicted molar refractivity (Wildman–Crippen MR) is 50.0 cm³/mol. The van der Waals surface area contributed by atoms with Crippen molar-refractivity contribution < 1.29 is 4.74 Å². The van der Waals surface area contributed by atoms with Gasteiger partial charge in [-0.15, -0.1) is 0 Å². The van der Waals surface area contributed by atoms with Gasteiger partial charge in [-0.2, -0.15) is 0 Å². The Morgan fingerprint density at radius 2 is 2.31 bits per heavy atom. The van der Waals surface area contributed by atoms with E-state index in [1.165, 1.54) is 25.7 Å². The normalized spacial score (nSPS) is 18.2. The number of hydrogen-bond acceptors (Lipinski definition) is 3. The largest absolute Gasteiger partial charge is 0.369 e. The average Bonchev–Trinajstić information content (AvgIpc) is 2.72. The zero-order valence-corrected chi connectivity index (χ0v) is 7.65. The fraction of sp³-hybridized carbons (Fsp3) is 0.667. The van der Waals surface area contributed by atoms with E-state index in [2.05, 4.69) is 4.98 Å². The van der Waals surface area contributed by atoms with Crippen LogP contribution in [0, 0.1) is 0 Å². The van der Waals surface area contributed by atoms with Gasteiger partial charge in [0.15, 0.2) is 0 Å². The van der Waals surface area contributed by atoms with Crippen LogP contribution in [0.15, 0.2) is 12.4 Å². The fourth-order valence-electron chi connectivity index (χ4n) is 1.69. The van der Waals surface area contributed by atoms with Gasteiger partial charge in [0.25, 0.3) is 0 Å². The fourth-order valence-corrected chi connectivity index (χ4v) is 1.69. The summed E-state index contributed by atoms with van der Waals surface area (Å²) in [6, 6.07) is 0. The molecule has 72 valence electrons. The number of rotatable bonds is 3. The van der Waals surface area contributed by atoms with Crippen molar-refractivity contribution in [2.45, 2.75) is 38.5 Å². The lowest BCUT2D eigenvalue weighted by atomic mass is 10.3. The van der Waals surface area contributed by atoms with Gasteiger partial charge in [-0.3, -0.25) is 4.57 Å². The van der Waals surface area contributed by atoms with E-state index in [-0.39, 0.29) is 0 Å². The molecule has 2 rings (SSSR count). The van der Waals surface area contributed by atoms with E-state index in [9.17, 15) is 0 Å². The van der Waals surface area contributed by atoms with E-state index >= 15 is 0 Å². The van der Waals surface area contributed by atoms with Gasteiger partial charge < -0.3 is 10.5 Å². The van der Waals surface area contributed by atoms with Gasteiger partial charge in [0.1, 0.15) is 6.73 Å². The highest BCUT2D eigenvalue weighted by Crippen LogP contribution is 2.21. The van der Waals surface area contributed by atoms with Crippen molar-refractivity contribution in [2.24, 2.45) is 0 Å². The standard InChI is InChI=1S/C9H15N3O/c10-9-11-5-6-12(9)7-13-8-3-1-2-4-8/h5-6,8H,1-4,7H2,(H2,10,11). The second-order valence-electron chi connectivity index (χ2n) is 3.46. The van der Waals surface area contributed by atoms with Gasteiger partial charge in [-0.25, -0.2) is 4.98 Å². The molecule has 0 aliphatic heterocycles. The third-order valence-electron chi connectivity index (χ3n) is 2.50. The Kier molecular flexibility index (Phi) is 2.49. The van der Waals surface area contributed by atoms with Crippen LogP contribution >= 0.6 is 0 Å². The molecule has 1 aliphatic carbocycles. The Morgan fingerprint density at radius 3 is 2.92 bits per heavy atom. The number of anilines is 1. The first-order valence-electron chi connectivity index (χ1n) is 4.74. The van der Waals surface area contributed by atoms with E-state index < -0.39 is 0 Å². The maximum Gasteiger partial charge on any atom is 0.202 e. The van der Waals surface area contributed by atoms with Crippen molar-refractivity contribution in [3.63, 3.8) is 0 Å². The summed E-state index contributed by atoms with van der Waals surface area (Å²) in [6.07, 6.45) is 8.93. The number of nitrogens with two attached hydrogens (primary N) is 1. The molecule has 0 radical (unpaired) electrons. The lowest BCUT2D eigenvalue weighted by Gasteiger charge is -2.11. The molecule has 0 unspecified atom stereocenters. The highest BCUT2D eigenvalue weighted by atomic mass is 16.5. The van der Waals surface area contributed by atoms with E-state index in [4.69, 9.17) is 10.5 Å². The van der Waals surface area contributed by atoms with Crippen LogP contribution in [0.3, 0.4) is 0 Å². The Bertz CT molecular complexity index is 266. The van der Waals surface area contributed by atoms with Gasteiger partial charge in [-0.1, -0.05) is 12.8 Å². The Hall–Kier alpha value is -1.03. The quantitative estimate of drug-likeness (QED) is 0.766. The molecule has 0 spiro atoms. The van der Waals surface area contributed by atoms with Crippen molar-refractivity contribution in [2.75, 3.05) is 5.73 Å². The van der Waals surface area contributed by atoms with Crippen molar-refractivity contribution in [3.05, 3.63) is 12.4 Å². The summed E-state index contributed by atoms with van der Waals surface area (Å²) in [4.78, 5) is 3.92. The van der Waals surface area contributed by atoms with E-state index in [1.54, 1.807) is 6.20 Å². The highest BCUT2D eigenvalue weighted by Gasteiger charge is 2.15. The first-order chi connectivity index (χ1) is 6.36. The summed E-state index contributed by atoms with van der Waals surface area (Å²) in [5.41, 5.74) is 5.60. The molecule has 0 aromatic carbocycles. The third kappa shape index (κ3) is 2.01. The molecule has 0 bridgehead atoms. The van der Waals surface area contributed by atoms with E-state index in [0.29, 0.717) is 18.8 Å². The van der Waals surface area contributed by atoms with Crippen LogP contribution < -0.4 is 5.73 Å². The maximum atomic E-state index is 5.67. The summed E-state index contributed by atoms with van der Waals surface area (Å²) in [6.45, 7) is 0.538. The van der Waals surface area contributed by atoms with Crippen molar-refractivity contribution in [3.8, 4) is 0 Å². The van der Waals surface area contributed by atoms with Crippen LogP contribution in [0.5, 0.6) is 0 Å². The molecule has 1 heterocycles. The average molecular weight is 181 g/mol. The van der Waals surface area contributed by atoms with Crippen LogP contribution in [0.25, 0.3) is 0 Å². The molecule has 0 amide bonds. The molecule has 2 N–H and O–H groups in total. The minimum atomic E-state index is 0.432. The van der Waals surface area contributed by atoms with Crippen LogP contribution in [0.4, 0.5) is 5.95 Å². The molecule has 1 aliphatic rings. The highest BCUT2D eigenvalue weighted by molar-refractivity contribution is 5.15. The minimum Gasteiger partial charge on any atom is -0.369 e. The van der Waals surface area contributed by atoms with Gasteiger partial charge in [0, 0.05) is 12.4 Å². The molecule has 13 heavy (non-hydrogen) atoms. The topological polar surface area (TPSA) is 53.1 Å². The monoisotopic (exact) mass is 181 g/mol. The Labute approximate surface area is 77.7 Å². The first kappa shape index (κ1) is 8.56. The van der Waals surface area contributed by atoms with Crippen LogP contribution in [0.1, 0.15) is 25.7 Å². The maximum absolute atomic E-state index is 5.67. The smallest absolute Gasteiger partial charge is 0.202 e. The number of hydrogen-bond donors (Lipinski definition) is 1. The van der Waals surface area contributed by atoms with Crippen molar-refractivity contribution >= 4 is 5.95 Å². The summed E-state index contributed by atoms with van der Waals surface area (Å²) in [5, 5.41) is 0. The second kappa shape index (κ2) is 3.79. The molecular weight excluding hydrogens is 166 g/mol. The summed E-state index contributed by atoms with van der Waals surface area (Å²) in [5.74, 6) is 0.526. The molecule has 0 atom stereocenters. The molecular formula is C9H15N3O. The van der Waals surface area contributed by atoms with Crippen molar-refractivity contribution in [1.29, 1.82) is 0 Å². The molecule has 1 aromatic rings. The SMILES string of the molecule is Nc1nccn1COC1CCCC1. The van der Waals surface area contributed by atoms with Crippen molar-refractivity contribution in [1.82, 2.24) is 9.55 Å². The number of aromatic nitrogens is 2. The summed E-state index contributed by atoms with van der Waals surface area (Å²) < 4.78 is 7.49. The lowest BCUT2D eigenvalue weighted by Crippen LogP contribution is -2.12. The molecule has 0 saturated heterocycles. The Balaban J connectivity index is 1.82. The summed E-state index contributed by atoms with van der Waals surface area (Å²) in [7, 11) is 0. The van der Waals surface area contributed by atoms with Crippen LogP contribution in [-0.4, -0.2) is 15.7 Å². The minimum absolute atomic E-state index is 0.432. The van der Waals surface area contributed by atoms with Gasteiger partial charge in [0.05, 0.1) is 6.10 Å². The molecule has 4 nitrogen and oxygen atoms in total. The first-order valence-corrected chi connectivity index (χ1v) is 4.74. The third-order valence-corrected chi connectivity index (χ3v) is 2.50. The van der Waals surface area contributed by atoms with Gasteiger partial charge >= 0.3 is 0 Å². The number of ether oxygens (including phenoxy) is 1. The predicted octanol–water partition coefficient (Wildman–Crippen LogP) is 1.38. The summed E-state index contributed by atoms with van der Waals surface area (Å²) >= 11 is 0. The zero-order chi connectivity index (χ0) is 9.10.